The van der Waals surface area contributed by atoms with Crippen molar-refractivity contribution in [2.24, 2.45) is 0 Å². The maximum absolute atomic E-state index is 13.7. The third-order valence-corrected chi connectivity index (χ3v) is 6.56. The molecule has 184 valence electrons. The number of Topliss-reactive ketones (excluding diaryl/α,β-unsaturated/α-hetero) is 1. The van der Waals surface area contributed by atoms with Crippen LogP contribution in [0.1, 0.15) is 49.4 Å². The van der Waals surface area contributed by atoms with Crippen LogP contribution in [0.25, 0.3) is 11.0 Å². The number of aliphatic hydroxyl groups excluding tert-OH is 1. The molecule has 1 amide bonds. The average Bonchev–Trinajstić information content (AvgIpc) is 3.39. The van der Waals surface area contributed by atoms with E-state index in [4.69, 9.17) is 20.8 Å². The van der Waals surface area contributed by atoms with Crippen LogP contribution in [0, 0.1) is 0 Å². The third-order valence-electron chi connectivity index (χ3n) is 6.34. The second-order valence-electron chi connectivity index (χ2n) is 8.39. The van der Waals surface area contributed by atoms with Crippen LogP contribution in [0.3, 0.4) is 0 Å². The first-order valence-corrected chi connectivity index (χ1v) is 12.1. The molecule has 1 aliphatic heterocycles. The van der Waals surface area contributed by atoms with E-state index in [1.165, 1.54) is 12.0 Å². The lowest BCUT2D eigenvalue weighted by Gasteiger charge is -2.27. The van der Waals surface area contributed by atoms with E-state index in [0.29, 0.717) is 34.7 Å². The lowest BCUT2D eigenvalue weighted by molar-refractivity contribution is -0.129. The van der Waals surface area contributed by atoms with E-state index in [1.54, 1.807) is 18.2 Å². The van der Waals surface area contributed by atoms with E-state index in [9.17, 15) is 14.7 Å². The summed E-state index contributed by atoms with van der Waals surface area (Å²) in [7, 11) is 1.49. The minimum Gasteiger partial charge on any atom is -0.503 e. The van der Waals surface area contributed by atoms with Gasteiger partial charge in [0.15, 0.2) is 22.9 Å². The van der Waals surface area contributed by atoms with Gasteiger partial charge in [-0.15, -0.1) is 0 Å². The molecule has 0 saturated heterocycles. The standard InChI is InChI=1S/C27H29ClN2O5/c1-5-12-30-23(16-8-10-19(11-9-16)29(6-2)7-3)22(25(32)27(30)33)24(31)20-14-17-13-18(28)15-21(34-4)26(17)35-20/h8-11,13-15,23,32H,5-7,12H2,1-4H3. The van der Waals surface area contributed by atoms with Crippen LogP contribution in [0.4, 0.5) is 5.69 Å². The number of nitrogens with zero attached hydrogens (tertiary/aromatic N) is 2. The fraction of sp³-hybridized carbons (Fsp3) is 0.333. The Bertz CT molecular complexity index is 1290. The molecule has 1 atom stereocenters. The number of anilines is 1. The smallest absolute Gasteiger partial charge is 0.290 e. The molecular formula is C27H29ClN2O5. The quantitative estimate of drug-likeness (QED) is 0.370. The molecule has 3 aromatic rings. The van der Waals surface area contributed by atoms with Crippen molar-refractivity contribution in [2.45, 2.75) is 33.2 Å². The van der Waals surface area contributed by atoms with E-state index in [-0.39, 0.29) is 11.3 Å². The number of methoxy groups -OCH3 is 1. The molecule has 8 heteroatoms. The fourth-order valence-corrected chi connectivity index (χ4v) is 4.86. The number of benzene rings is 2. The van der Waals surface area contributed by atoms with Crippen LogP contribution in [0.2, 0.25) is 5.02 Å². The van der Waals surface area contributed by atoms with Gasteiger partial charge in [-0.1, -0.05) is 30.7 Å². The number of halogens is 1. The number of amides is 1. The lowest BCUT2D eigenvalue weighted by Crippen LogP contribution is -2.31. The SMILES string of the molecule is CCCN1C(=O)C(O)=C(C(=O)c2cc3cc(Cl)cc(OC)c3o2)C1c1ccc(N(CC)CC)cc1. The number of rotatable bonds is 9. The number of fused-ring (bicyclic) bond motifs is 1. The van der Waals surface area contributed by atoms with Crippen molar-refractivity contribution in [3.8, 4) is 5.75 Å². The van der Waals surface area contributed by atoms with Crippen LogP contribution >= 0.6 is 11.6 Å². The maximum atomic E-state index is 13.7. The maximum Gasteiger partial charge on any atom is 0.290 e. The highest BCUT2D eigenvalue weighted by atomic mass is 35.5. The molecule has 0 bridgehead atoms. The second kappa shape index (κ2) is 10.0. The van der Waals surface area contributed by atoms with Crippen molar-refractivity contribution in [3.63, 3.8) is 0 Å². The van der Waals surface area contributed by atoms with Crippen LogP contribution in [0.5, 0.6) is 5.75 Å². The zero-order valence-corrected chi connectivity index (χ0v) is 21.1. The molecule has 0 radical (unpaired) electrons. The predicted octanol–water partition coefficient (Wildman–Crippen LogP) is 5.93. The van der Waals surface area contributed by atoms with Gasteiger partial charge in [-0.2, -0.15) is 0 Å². The highest BCUT2D eigenvalue weighted by Gasteiger charge is 2.44. The van der Waals surface area contributed by atoms with Crippen LogP contribution < -0.4 is 9.64 Å². The highest BCUT2D eigenvalue weighted by molar-refractivity contribution is 6.31. The number of hydrogen-bond acceptors (Lipinski definition) is 6. The molecule has 1 N–H and O–H groups in total. The Morgan fingerprint density at radius 3 is 2.43 bits per heavy atom. The first kappa shape index (κ1) is 24.7. The number of aliphatic hydroxyl groups is 1. The largest absolute Gasteiger partial charge is 0.503 e. The molecule has 7 nitrogen and oxygen atoms in total. The molecule has 0 saturated carbocycles. The van der Waals surface area contributed by atoms with E-state index >= 15 is 0 Å². The first-order chi connectivity index (χ1) is 16.8. The number of ketones is 1. The number of furan rings is 1. The van der Waals surface area contributed by atoms with E-state index in [2.05, 4.69) is 18.7 Å². The summed E-state index contributed by atoms with van der Waals surface area (Å²) in [4.78, 5) is 30.4. The van der Waals surface area contributed by atoms with Gasteiger partial charge in [0.25, 0.3) is 5.91 Å². The Hall–Kier alpha value is -3.45. The summed E-state index contributed by atoms with van der Waals surface area (Å²) in [6, 6.07) is 11.9. The number of ether oxygens (including phenoxy) is 1. The van der Waals surface area contributed by atoms with Gasteiger partial charge in [0.2, 0.25) is 5.78 Å². The summed E-state index contributed by atoms with van der Waals surface area (Å²) < 4.78 is 11.2. The first-order valence-electron chi connectivity index (χ1n) is 11.7. The third kappa shape index (κ3) is 4.36. The van der Waals surface area contributed by atoms with Crippen molar-refractivity contribution >= 4 is 39.9 Å². The minimum absolute atomic E-state index is 0.00183. The summed E-state index contributed by atoms with van der Waals surface area (Å²) in [6.45, 7) is 8.24. The summed E-state index contributed by atoms with van der Waals surface area (Å²) in [5.41, 5.74) is 2.16. The topological polar surface area (TPSA) is 83.2 Å². The minimum atomic E-state index is -0.723. The Kier molecular flexibility index (Phi) is 7.08. The van der Waals surface area contributed by atoms with E-state index in [0.717, 1.165) is 24.3 Å². The molecule has 0 aliphatic carbocycles. The van der Waals surface area contributed by atoms with Crippen LogP contribution in [-0.4, -0.2) is 48.4 Å². The van der Waals surface area contributed by atoms with Crippen molar-refractivity contribution in [1.29, 1.82) is 0 Å². The van der Waals surface area contributed by atoms with Crippen molar-refractivity contribution in [2.75, 3.05) is 31.6 Å². The molecular weight excluding hydrogens is 468 g/mol. The van der Waals surface area contributed by atoms with Crippen molar-refractivity contribution in [3.05, 3.63) is 70.1 Å². The Morgan fingerprint density at radius 2 is 1.83 bits per heavy atom. The van der Waals surface area contributed by atoms with Gasteiger partial charge >= 0.3 is 0 Å². The zero-order chi connectivity index (χ0) is 25.3. The molecule has 35 heavy (non-hydrogen) atoms. The molecule has 1 aromatic heterocycles. The second-order valence-corrected chi connectivity index (χ2v) is 8.83. The van der Waals surface area contributed by atoms with Gasteiger partial charge in [0.1, 0.15) is 0 Å². The Labute approximate surface area is 209 Å². The summed E-state index contributed by atoms with van der Waals surface area (Å²) in [5.74, 6) is -1.28. The number of hydrogen-bond donors (Lipinski definition) is 1. The average molecular weight is 497 g/mol. The van der Waals surface area contributed by atoms with Gasteiger partial charge in [-0.05, 0) is 50.1 Å². The van der Waals surface area contributed by atoms with Gasteiger partial charge < -0.3 is 24.1 Å². The van der Waals surface area contributed by atoms with Crippen molar-refractivity contribution in [1.82, 2.24) is 4.90 Å². The molecule has 2 aromatic carbocycles. The molecule has 0 spiro atoms. The molecule has 1 unspecified atom stereocenters. The highest BCUT2D eigenvalue weighted by Crippen LogP contribution is 2.41. The molecule has 2 heterocycles. The number of carbonyl (C=O) groups is 2. The van der Waals surface area contributed by atoms with Gasteiger partial charge in [0.05, 0.1) is 18.7 Å². The Morgan fingerprint density at radius 1 is 1.14 bits per heavy atom. The summed E-state index contributed by atoms with van der Waals surface area (Å²) in [6.07, 6.45) is 0.675. The fourth-order valence-electron chi connectivity index (χ4n) is 4.64. The normalized spacial score (nSPS) is 15.9. The van der Waals surface area contributed by atoms with Crippen molar-refractivity contribution < 1.29 is 23.8 Å². The predicted molar refractivity (Wildman–Crippen MR) is 137 cm³/mol. The molecule has 0 fully saturated rings. The monoisotopic (exact) mass is 496 g/mol. The van der Waals surface area contributed by atoms with Gasteiger partial charge in [0, 0.05) is 41.8 Å². The lowest BCUT2D eigenvalue weighted by atomic mass is 9.94. The summed E-state index contributed by atoms with van der Waals surface area (Å²) in [5, 5.41) is 11.9. The Balaban J connectivity index is 1.79. The van der Waals surface area contributed by atoms with Crippen LogP contribution in [-0.2, 0) is 4.79 Å². The molecule has 4 rings (SSSR count). The number of carbonyl (C=O) groups excluding carboxylic acids is 2. The van der Waals surface area contributed by atoms with Gasteiger partial charge in [-0.3, -0.25) is 9.59 Å². The van der Waals surface area contributed by atoms with Crippen LogP contribution in [0.15, 0.2) is 58.2 Å². The zero-order valence-electron chi connectivity index (χ0n) is 20.3. The van der Waals surface area contributed by atoms with Gasteiger partial charge in [-0.25, -0.2) is 0 Å². The van der Waals surface area contributed by atoms with E-state index < -0.39 is 23.5 Å². The molecule has 1 aliphatic rings. The summed E-state index contributed by atoms with van der Waals surface area (Å²) >= 11 is 6.16. The van der Waals surface area contributed by atoms with E-state index in [1.807, 2.05) is 31.2 Å².